The van der Waals surface area contributed by atoms with Crippen molar-refractivity contribution in [2.24, 2.45) is 0 Å². The molecule has 140 valence electrons. The standard InChI is InChI=1S/C22H24N2O2S/c1-15(2)18-8-10-20(11-9-18)26-13-22(25)23-12-17-4-6-19(7-5-17)21-14-27-16(3)24-21/h4-11,14-15H,12-13H2,1-3H3,(H,23,25). The average molecular weight is 381 g/mol. The maximum absolute atomic E-state index is 12.0. The first-order valence-corrected chi connectivity index (χ1v) is 9.90. The molecular formula is C22H24N2O2S. The normalized spacial score (nSPS) is 10.8. The number of hydrogen-bond donors (Lipinski definition) is 1. The summed E-state index contributed by atoms with van der Waals surface area (Å²) in [7, 11) is 0. The maximum atomic E-state index is 12.0. The third kappa shape index (κ3) is 5.41. The van der Waals surface area contributed by atoms with Crippen molar-refractivity contribution < 1.29 is 9.53 Å². The molecular weight excluding hydrogens is 356 g/mol. The van der Waals surface area contributed by atoms with Gasteiger partial charge >= 0.3 is 0 Å². The second kappa shape index (κ2) is 8.82. The number of nitrogens with one attached hydrogen (secondary N) is 1. The lowest BCUT2D eigenvalue weighted by molar-refractivity contribution is -0.123. The van der Waals surface area contributed by atoms with Gasteiger partial charge in [0.2, 0.25) is 0 Å². The van der Waals surface area contributed by atoms with E-state index in [-0.39, 0.29) is 12.5 Å². The highest BCUT2D eigenvalue weighted by molar-refractivity contribution is 7.09. The molecule has 0 atom stereocenters. The molecule has 0 unspecified atom stereocenters. The summed E-state index contributed by atoms with van der Waals surface area (Å²) >= 11 is 1.64. The Labute approximate surface area is 164 Å². The summed E-state index contributed by atoms with van der Waals surface area (Å²) in [6.07, 6.45) is 0. The molecule has 1 N–H and O–H groups in total. The predicted molar refractivity (Wildman–Crippen MR) is 110 cm³/mol. The quantitative estimate of drug-likeness (QED) is 0.632. The van der Waals surface area contributed by atoms with Gasteiger partial charge in [-0.2, -0.15) is 0 Å². The minimum Gasteiger partial charge on any atom is -0.484 e. The number of benzene rings is 2. The van der Waals surface area contributed by atoms with Crippen molar-refractivity contribution in [2.45, 2.75) is 33.2 Å². The topological polar surface area (TPSA) is 51.2 Å². The Bertz CT molecular complexity index is 883. The van der Waals surface area contributed by atoms with E-state index in [0.29, 0.717) is 18.2 Å². The first-order valence-electron chi connectivity index (χ1n) is 9.02. The van der Waals surface area contributed by atoms with Crippen LogP contribution in [0.15, 0.2) is 53.9 Å². The number of amides is 1. The minimum atomic E-state index is -0.137. The number of carbonyl (C=O) groups is 1. The smallest absolute Gasteiger partial charge is 0.258 e. The minimum absolute atomic E-state index is 0.0111. The summed E-state index contributed by atoms with van der Waals surface area (Å²) in [5, 5.41) is 5.99. The largest absolute Gasteiger partial charge is 0.484 e. The zero-order chi connectivity index (χ0) is 19.2. The van der Waals surface area contributed by atoms with Crippen molar-refractivity contribution in [3.05, 3.63) is 70.0 Å². The molecule has 27 heavy (non-hydrogen) atoms. The van der Waals surface area contributed by atoms with Crippen LogP contribution in [0.2, 0.25) is 0 Å². The van der Waals surface area contributed by atoms with Crippen LogP contribution < -0.4 is 10.1 Å². The third-order valence-corrected chi connectivity index (χ3v) is 5.05. The summed E-state index contributed by atoms with van der Waals surface area (Å²) in [6.45, 7) is 6.78. The summed E-state index contributed by atoms with van der Waals surface area (Å²) in [5.74, 6) is 1.05. The van der Waals surface area contributed by atoms with Crippen LogP contribution in [-0.4, -0.2) is 17.5 Å². The molecule has 1 aromatic heterocycles. The highest BCUT2D eigenvalue weighted by Gasteiger charge is 2.06. The van der Waals surface area contributed by atoms with Crippen LogP contribution in [0.4, 0.5) is 0 Å². The lowest BCUT2D eigenvalue weighted by atomic mass is 10.0. The fraction of sp³-hybridized carbons (Fsp3) is 0.273. The fourth-order valence-electron chi connectivity index (χ4n) is 2.64. The molecule has 1 heterocycles. The van der Waals surface area contributed by atoms with E-state index < -0.39 is 0 Å². The van der Waals surface area contributed by atoms with Gasteiger partial charge in [0.25, 0.3) is 5.91 Å². The van der Waals surface area contributed by atoms with Crippen molar-refractivity contribution in [3.8, 4) is 17.0 Å². The van der Waals surface area contributed by atoms with Gasteiger partial charge in [0, 0.05) is 17.5 Å². The molecule has 0 saturated carbocycles. The first kappa shape index (κ1) is 19.1. The van der Waals surface area contributed by atoms with Gasteiger partial charge < -0.3 is 10.1 Å². The average Bonchev–Trinajstić information content (AvgIpc) is 3.12. The molecule has 5 heteroatoms. The van der Waals surface area contributed by atoms with Gasteiger partial charge in [-0.05, 0) is 36.1 Å². The molecule has 0 radical (unpaired) electrons. The summed E-state index contributed by atoms with van der Waals surface area (Å²) in [4.78, 5) is 16.5. The number of rotatable bonds is 7. The Kier molecular flexibility index (Phi) is 6.24. The molecule has 1 amide bonds. The van der Waals surface area contributed by atoms with Gasteiger partial charge in [-0.3, -0.25) is 4.79 Å². The number of carbonyl (C=O) groups excluding carboxylic acids is 1. The number of nitrogens with zero attached hydrogens (tertiary/aromatic N) is 1. The van der Waals surface area contributed by atoms with E-state index in [0.717, 1.165) is 21.8 Å². The fourth-order valence-corrected chi connectivity index (χ4v) is 3.26. The van der Waals surface area contributed by atoms with Crippen molar-refractivity contribution in [1.82, 2.24) is 10.3 Å². The molecule has 0 spiro atoms. The van der Waals surface area contributed by atoms with Crippen LogP contribution in [0.1, 0.15) is 35.9 Å². The van der Waals surface area contributed by atoms with Crippen LogP contribution in [-0.2, 0) is 11.3 Å². The number of hydrogen-bond acceptors (Lipinski definition) is 4. The Balaban J connectivity index is 1.46. The molecule has 0 saturated heterocycles. The van der Waals surface area contributed by atoms with E-state index in [1.807, 2.05) is 55.5 Å². The van der Waals surface area contributed by atoms with Gasteiger partial charge in [0.1, 0.15) is 5.75 Å². The molecule has 0 aliphatic heterocycles. The van der Waals surface area contributed by atoms with Crippen molar-refractivity contribution in [1.29, 1.82) is 0 Å². The molecule has 2 aromatic carbocycles. The zero-order valence-electron chi connectivity index (χ0n) is 15.9. The van der Waals surface area contributed by atoms with Crippen LogP contribution >= 0.6 is 11.3 Å². The Morgan fingerprint density at radius 1 is 1.11 bits per heavy atom. The molecule has 0 aliphatic rings. The maximum Gasteiger partial charge on any atom is 0.258 e. The monoisotopic (exact) mass is 380 g/mol. The predicted octanol–water partition coefficient (Wildman–Crippen LogP) is 4.94. The van der Waals surface area contributed by atoms with Crippen molar-refractivity contribution in [2.75, 3.05) is 6.61 Å². The third-order valence-electron chi connectivity index (χ3n) is 4.28. The van der Waals surface area contributed by atoms with Gasteiger partial charge in [0.05, 0.1) is 10.7 Å². The van der Waals surface area contributed by atoms with Gasteiger partial charge in [-0.25, -0.2) is 4.98 Å². The van der Waals surface area contributed by atoms with Crippen molar-refractivity contribution in [3.63, 3.8) is 0 Å². The second-order valence-electron chi connectivity index (χ2n) is 6.74. The van der Waals surface area contributed by atoms with E-state index in [1.165, 1.54) is 5.56 Å². The van der Waals surface area contributed by atoms with Crippen molar-refractivity contribution >= 4 is 17.2 Å². The second-order valence-corrected chi connectivity index (χ2v) is 7.80. The summed E-state index contributed by atoms with van der Waals surface area (Å²) in [6, 6.07) is 16.0. The summed E-state index contributed by atoms with van der Waals surface area (Å²) in [5.41, 5.74) is 4.37. The van der Waals surface area contributed by atoms with Gasteiger partial charge in [0.15, 0.2) is 6.61 Å². The summed E-state index contributed by atoms with van der Waals surface area (Å²) < 4.78 is 5.55. The van der Waals surface area contributed by atoms with E-state index >= 15 is 0 Å². The number of aryl methyl sites for hydroxylation is 1. The molecule has 0 aliphatic carbocycles. The van der Waals surface area contributed by atoms with Gasteiger partial charge in [-0.15, -0.1) is 11.3 Å². The molecule has 4 nitrogen and oxygen atoms in total. The lowest BCUT2D eigenvalue weighted by Crippen LogP contribution is -2.28. The molecule has 0 bridgehead atoms. The molecule has 0 fully saturated rings. The van der Waals surface area contributed by atoms with E-state index in [1.54, 1.807) is 11.3 Å². The van der Waals surface area contributed by atoms with Crippen LogP contribution in [0, 0.1) is 6.92 Å². The SMILES string of the molecule is Cc1nc(-c2ccc(CNC(=O)COc3ccc(C(C)C)cc3)cc2)cs1. The Morgan fingerprint density at radius 3 is 2.41 bits per heavy atom. The number of ether oxygens (including phenoxy) is 1. The Morgan fingerprint density at radius 2 is 1.81 bits per heavy atom. The highest BCUT2D eigenvalue weighted by Crippen LogP contribution is 2.22. The van der Waals surface area contributed by atoms with Crippen LogP contribution in [0.25, 0.3) is 11.3 Å². The molecule has 3 rings (SSSR count). The molecule has 3 aromatic rings. The lowest BCUT2D eigenvalue weighted by Gasteiger charge is -2.09. The Hall–Kier alpha value is -2.66. The highest BCUT2D eigenvalue weighted by atomic mass is 32.1. The first-order chi connectivity index (χ1) is 13.0. The van der Waals surface area contributed by atoms with E-state index in [9.17, 15) is 4.79 Å². The number of thiazole rings is 1. The van der Waals surface area contributed by atoms with Crippen LogP contribution in [0.3, 0.4) is 0 Å². The van der Waals surface area contributed by atoms with Gasteiger partial charge in [-0.1, -0.05) is 50.2 Å². The van der Waals surface area contributed by atoms with E-state index in [2.05, 4.69) is 29.5 Å². The number of aromatic nitrogens is 1. The zero-order valence-corrected chi connectivity index (χ0v) is 16.7. The van der Waals surface area contributed by atoms with Crippen LogP contribution in [0.5, 0.6) is 5.75 Å². The van der Waals surface area contributed by atoms with E-state index in [4.69, 9.17) is 4.74 Å².